The van der Waals surface area contributed by atoms with E-state index in [0.717, 1.165) is 22.2 Å². The van der Waals surface area contributed by atoms with Gasteiger partial charge in [-0.05, 0) is 29.8 Å². The van der Waals surface area contributed by atoms with Crippen LogP contribution in [0.25, 0.3) is 16.6 Å². The molecule has 0 saturated heterocycles. The van der Waals surface area contributed by atoms with Gasteiger partial charge in [0.1, 0.15) is 5.82 Å². The Balaban J connectivity index is 2.23. The van der Waals surface area contributed by atoms with Crippen LogP contribution in [-0.2, 0) is 6.54 Å². The molecule has 0 radical (unpaired) electrons. The molecule has 3 rings (SSSR count). The second-order valence-corrected chi connectivity index (χ2v) is 4.19. The van der Waals surface area contributed by atoms with Crippen molar-refractivity contribution < 1.29 is 0 Å². The first kappa shape index (κ1) is 10.8. The summed E-state index contributed by atoms with van der Waals surface area (Å²) in [6, 6.07) is 15.8. The fraction of sp³-hybridized carbons (Fsp3) is 0.0714. The zero-order valence-corrected chi connectivity index (χ0v) is 9.88. The maximum atomic E-state index is 6.13. The molecule has 0 atom stereocenters. The van der Waals surface area contributed by atoms with Crippen LogP contribution in [0.3, 0.4) is 0 Å². The minimum atomic E-state index is 0.508. The number of rotatable bonds is 2. The monoisotopic (exact) mass is 238 g/mol. The van der Waals surface area contributed by atoms with E-state index < -0.39 is 0 Å². The number of nitrogen functional groups attached to an aromatic ring is 1. The van der Waals surface area contributed by atoms with Gasteiger partial charge in [-0.1, -0.05) is 24.3 Å². The molecule has 1 heterocycles. The van der Waals surface area contributed by atoms with E-state index in [1.54, 1.807) is 4.68 Å². The van der Waals surface area contributed by atoms with Crippen molar-refractivity contribution in [1.82, 2.24) is 9.78 Å². The van der Waals surface area contributed by atoms with Crippen molar-refractivity contribution in [2.45, 2.75) is 6.54 Å². The lowest BCUT2D eigenvalue weighted by atomic mass is 10.1. The summed E-state index contributed by atoms with van der Waals surface area (Å²) >= 11 is 0. The van der Waals surface area contributed by atoms with E-state index in [-0.39, 0.29) is 0 Å². The van der Waals surface area contributed by atoms with Crippen molar-refractivity contribution in [3.05, 3.63) is 54.1 Å². The highest BCUT2D eigenvalue weighted by Crippen LogP contribution is 2.24. The zero-order chi connectivity index (χ0) is 12.5. The summed E-state index contributed by atoms with van der Waals surface area (Å²) in [7, 11) is 0. The van der Waals surface area contributed by atoms with E-state index in [1.807, 2.05) is 48.5 Å². The smallest absolute Gasteiger partial charge is 0.135 e. The van der Waals surface area contributed by atoms with E-state index in [9.17, 15) is 0 Å². The van der Waals surface area contributed by atoms with Gasteiger partial charge in [-0.25, -0.2) is 4.68 Å². The summed E-state index contributed by atoms with van der Waals surface area (Å²) in [5.74, 6) is 0.653. The van der Waals surface area contributed by atoms with Crippen LogP contribution in [0.2, 0.25) is 0 Å². The van der Waals surface area contributed by atoms with Gasteiger partial charge >= 0.3 is 0 Å². The third-order valence-corrected chi connectivity index (χ3v) is 3.01. The predicted octanol–water partition coefficient (Wildman–Crippen LogP) is 2.07. The normalized spacial score (nSPS) is 10.9. The molecular weight excluding hydrogens is 224 g/mol. The summed E-state index contributed by atoms with van der Waals surface area (Å²) in [6.07, 6.45) is 0. The van der Waals surface area contributed by atoms with Gasteiger partial charge in [0.2, 0.25) is 0 Å². The quantitative estimate of drug-likeness (QED) is 0.718. The Hall–Kier alpha value is -2.33. The number of nitrogens with zero attached hydrogens (tertiary/aromatic N) is 2. The first-order valence-corrected chi connectivity index (χ1v) is 5.82. The largest absolute Gasteiger partial charge is 0.383 e. The highest BCUT2D eigenvalue weighted by Gasteiger charge is 2.09. The Kier molecular flexibility index (Phi) is 2.50. The lowest BCUT2D eigenvalue weighted by Crippen LogP contribution is -2.00. The summed E-state index contributed by atoms with van der Waals surface area (Å²) < 4.78 is 1.75. The van der Waals surface area contributed by atoms with Crippen LogP contribution in [0, 0.1) is 0 Å². The minimum Gasteiger partial charge on any atom is -0.383 e. The molecule has 3 aromatic rings. The lowest BCUT2D eigenvalue weighted by Gasteiger charge is -2.02. The molecule has 0 saturated carbocycles. The van der Waals surface area contributed by atoms with Crippen LogP contribution < -0.4 is 11.5 Å². The van der Waals surface area contributed by atoms with Crippen LogP contribution in [-0.4, -0.2) is 9.78 Å². The van der Waals surface area contributed by atoms with Gasteiger partial charge in [-0.3, -0.25) is 0 Å². The number of aromatic nitrogens is 2. The number of anilines is 1. The summed E-state index contributed by atoms with van der Waals surface area (Å²) in [4.78, 5) is 0. The second-order valence-electron chi connectivity index (χ2n) is 4.19. The highest BCUT2D eigenvalue weighted by atomic mass is 15.3. The van der Waals surface area contributed by atoms with Crippen molar-refractivity contribution in [1.29, 1.82) is 0 Å². The van der Waals surface area contributed by atoms with Crippen molar-refractivity contribution in [3.63, 3.8) is 0 Å². The number of fused-ring (bicyclic) bond motifs is 1. The molecule has 0 aliphatic rings. The molecule has 0 unspecified atom stereocenters. The van der Waals surface area contributed by atoms with Crippen LogP contribution in [0.4, 0.5) is 5.82 Å². The average molecular weight is 238 g/mol. The van der Waals surface area contributed by atoms with E-state index >= 15 is 0 Å². The molecule has 0 aliphatic heterocycles. The van der Waals surface area contributed by atoms with Crippen LogP contribution in [0.1, 0.15) is 5.56 Å². The van der Waals surface area contributed by atoms with E-state index in [4.69, 9.17) is 11.5 Å². The van der Waals surface area contributed by atoms with E-state index in [2.05, 4.69) is 5.10 Å². The Morgan fingerprint density at radius 1 is 1.06 bits per heavy atom. The minimum absolute atomic E-state index is 0.508. The molecule has 0 amide bonds. The summed E-state index contributed by atoms with van der Waals surface area (Å²) in [6.45, 7) is 0.508. The molecular formula is C14H14N4. The standard InChI is InChI=1S/C14H14N4/c15-9-10-6-7-12-13(8-10)17-18(14(12)16)11-4-2-1-3-5-11/h1-8H,9,15-16H2. The number of para-hydroxylation sites is 1. The Bertz CT molecular complexity index is 686. The lowest BCUT2D eigenvalue weighted by molar-refractivity contribution is 0.907. The van der Waals surface area contributed by atoms with Gasteiger partial charge in [-0.2, -0.15) is 5.10 Å². The maximum Gasteiger partial charge on any atom is 0.135 e. The first-order chi connectivity index (χ1) is 8.79. The van der Waals surface area contributed by atoms with Gasteiger partial charge in [0.05, 0.1) is 11.2 Å². The molecule has 0 spiro atoms. The highest BCUT2D eigenvalue weighted by molar-refractivity contribution is 5.90. The van der Waals surface area contributed by atoms with Crippen LogP contribution in [0.15, 0.2) is 48.5 Å². The molecule has 1 aromatic heterocycles. The van der Waals surface area contributed by atoms with Gasteiger partial charge in [-0.15, -0.1) is 0 Å². The van der Waals surface area contributed by atoms with Crippen molar-refractivity contribution in [2.75, 3.05) is 5.73 Å². The van der Waals surface area contributed by atoms with Crippen molar-refractivity contribution >= 4 is 16.7 Å². The van der Waals surface area contributed by atoms with Crippen molar-refractivity contribution in [2.24, 2.45) is 5.73 Å². The molecule has 18 heavy (non-hydrogen) atoms. The fourth-order valence-corrected chi connectivity index (χ4v) is 2.05. The molecule has 0 bridgehead atoms. The molecule has 4 nitrogen and oxygen atoms in total. The van der Waals surface area contributed by atoms with Gasteiger partial charge in [0.25, 0.3) is 0 Å². The number of benzene rings is 2. The fourth-order valence-electron chi connectivity index (χ4n) is 2.05. The summed E-state index contributed by atoms with van der Waals surface area (Å²) in [5.41, 5.74) is 14.7. The predicted molar refractivity (Wildman–Crippen MR) is 73.4 cm³/mol. The number of nitrogens with two attached hydrogens (primary N) is 2. The number of hydrogen-bond donors (Lipinski definition) is 2. The van der Waals surface area contributed by atoms with Gasteiger partial charge < -0.3 is 11.5 Å². The number of hydrogen-bond acceptors (Lipinski definition) is 3. The molecule has 0 fully saturated rings. The Morgan fingerprint density at radius 2 is 1.83 bits per heavy atom. The average Bonchev–Trinajstić information content (AvgIpc) is 2.76. The molecule has 4 N–H and O–H groups in total. The van der Waals surface area contributed by atoms with Crippen LogP contribution in [0.5, 0.6) is 0 Å². The SMILES string of the molecule is NCc1ccc2c(N)n(-c3ccccc3)nc2c1. The zero-order valence-electron chi connectivity index (χ0n) is 9.88. The maximum absolute atomic E-state index is 6.13. The Labute approximate surface area is 105 Å². The van der Waals surface area contributed by atoms with Gasteiger partial charge in [0.15, 0.2) is 0 Å². The third-order valence-electron chi connectivity index (χ3n) is 3.01. The van der Waals surface area contributed by atoms with Gasteiger partial charge in [0, 0.05) is 11.9 Å². The Morgan fingerprint density at radius 3 is 2.56 bits per heavy atom. The molecule has 2 aromatic carbocycles. The summed E-state index contributed by atoms with van der Waals surface area (Å²) in [5, 5.41) is 5.48. The molecule has 90 valence electrons. The third kappa shape index (κ3) is 1.63. The molecule has 4 heteroatoms. The first-order valence-electron chi connectivity index (χ1n) is 5.82. The van der Waals surface area contributed by atoms with E-state index in [1.165, 1.54) is 0 Å². The topological polar surface area (TPSA) is 69.9 Å². The molecule has 0 aliphatic carbocycles. The van der Waals surface area contributed by atoms with Crippen molar-refractivity contribution in [3.8, 4) is 5.69 Å². The second kappa shape index (κ2) is 4.16. The van der Waals surface area contributed by atoms with E-state index in [0.29, 0.717) is 12.4 Å². The van der Waals surface area contributed by atoms with Crippen LogP contribution >= 0.6 is 0 Å².